The van der Waals surface area contributed by atoms with Crippen molar-refractivity contribution in [2.75, 3.05) is 13.1 Å². The minimum Gasteiger partial charge on any atom is -0.471 e. The maximum Gasteiger partial charge on any atom is 0.328 e. The van der Waals surface area contributed by atoms with Crippen LogP contribution in [0.3, 0.4) is 0 Å². The van der Waals surface area contributed by atoms with E-state index in [-0.39, 0.29) is 34.7 Å². The van der Waals surface area contributed by atoms with Gasteiger partial charge in [-0.3, -0.25) is 19.6 Å². The number of fused-ring (bicyclic) bond motifs is 3. The lowest BCUT2D eigenvalue weighted by atomic mass is 9.72. The van der Waals surface area contributed by atoms with Crippen LogP contribution in [-0.2, 0) is 14.8 Å². The molecule has 4 rings (SSSR count). The van der Waals surface area contributed by atoms with Crippen molar-refractivity contribution in [2.24, 2.45) is 0 Å². The lowest BCUT2D eigenvalue weighted by Crippen LogP contribution is -2.45. The molecule has 1 aliphatic carbocycles. The first-order chi connectivity index (χ1) is 15.1. The molecule has 2 aromatic rings. The van der Waals surface area contributed by atoms with Crippen LogP contribution in [0.1, 0.15) is 55.0 Å². The Morgan fingerprint density at radius 1 is 1.25 bits per heavy atom. The van der Waals surface area contributed by atoms with Gasteiger partial charge in [0.15, 0.2) is 5.76 Å². The average Bonchev–Trinajstić information content (AvgIpc) is 3.23. The highest BCUT2D eigenvalue weighted by Crippen LogP contribution is 2.51. The van der Waals surface area contributed by atoms with Gasteiger partial charge >= 0.3 is 5.69 Å². The largest absolute Gasteiger partial charge is 0.471 e. The first-order valence-electron chi connectivity index (χ1n) is 10.4. The van der Waals surface area contributed by atoms with Gasteiger partial charge in [-0.05, 0) is 33.1 Å². The molecule has 2 atom stereocenters. The molecule has 2 aromatic heterocycles. The minimum absolute atomic E-state index is 0.0782. The molecule has 0 aromatic carbocycles. The second-order valence-electron chi connectivity index (χ2n) is 8.19. The van der Waals surface area contributed by atoms with Crippen molar-refractivity contribution in [3.8, 4) is 5.88 Å². The Balaban J connectivity index is 1.38. The van der Waals surface area contributed by atoms with Crippen molar-refractivity contribution in [3.05, 3.63) is 37.9 Å². The lowest BCUT2D eigenvalue weighted by Gasteiger charge is -2.38. The SMILES string of the molecule is Cc1noc(C)c1S(=O)(=O)NCC(=O)NCC[C@@]12CCCC[C@@H]1c1c([nH]c(=O)[nH]c1=O)O2. The van der Waals surface area contributed by atoms with E-state index in [9.17, 15) is 22.8 Å². The molecule has 4 N–H and O–H groups in total. The molecule has 2 aliphatic rings. The molecule has 1 saturated carbocycles. The third-order valence-electron chi connectivity index (χ3n) is 6.10. The van der Waals surface area contributed by atoms with E-state index >= 15 is 0 Å². The van der Waals surface area contributed by atoms with Crippen molar-refractivity contribution in [2.45, 2.75) is 62.4 Å². The highest BCUT2D eigenvalue weighted by atomic mass is 32.2. The first kappa shape index (κ1) is 22.3. The zero-order chi connectivity index (χ0) is 23.1. The van der Waals surface area contributed by atoms with Gasteiger partial charge in [0.05, 0.1) is 12.1 Å². The van der Waals surface area contributed by atoms with Gasteiger partial charge in [0.25, 0.3) is 5.56 Å². The summed E-state index contributed by atoms with van der Waals surface area (Å²) in [5.74, 6) is -0.347. The highest BCUT2D eigenvalue weighted by molar-refractivity contribution is 7.89. The quantitative estimate of drug-likeness (QED) is 0.438. The van der Waals surface area contributed by atoms with Gasteiger partial charge in [-0.2, -0.15) is 0 Å². The van der Waals surface area contributed by atoms with Crippen LogP contribution in [0.4, 0.5) is 0 Å². The van der Waals surface area contributed by atoms with E-state index in [2.05, 4.69) is 25.2 Å². The van der Waals surface area contributed by atoms with Gasteiger partial charge < -0.3 is 14.6 Å². The summed E-state index contributed by atoms with van der Waals surface area (Å²) in [4.78, 5) is 41.0. The predicted molar refractivity (Wildman–Crippen MR) is 111 cm³/mol. The molecule has 0 saturated heterocycles. The Labute approximate surface area is 183 Å². The number of aryl methyl sites for hydroxylation is 2. The maximum absolute atomic E-state index is 12.4. The van der Waals surface area contributed by atoms with Gasteiger partial charge in [-0.15, -0.1) is 0 Å². The number of ether oxygens (including phenoxy) is 1. The number of rotatable bonds is 7. The third kappa shape index (κ3) is 3.97. The van der Waals surface area contributed by atoms with Crippen LogP contribution in [0.15, 0.2) is 19.0 Å². The Morgan fingerprint density at radius 3 is 2.75 bits per heavy atom. The number of aromatic nitrogens is 3. The Hall–Kier alpha value is -2.93. The van der Waals surface area contributed by atoms with Gasteiger partial charge in [-0.25, -0.2) is 17.9 Å². The van der Waals surface area contributed by atoms with Gasteiger partial charge in [-0.1, -0.05) is 11.6 Å². The predicted octanol–water partition coefficient (Wildman–Crippen LogP) is -0.0584. The van der Waals surface area contributed by atoms with E-state index in [1.54, 1.807) is 0 Å². The van der Waals surface area contributed by atoms with E-state index in [1.165, 1.54) is 13.8 Å². The molecule has 0 radical (unpaired) electrons. The summed E-state index contributed by atoms with van der Waals surface area (Å²) in [7, 11) is -3.94. The molecule has 1 amide bonds. The number of H-pyrrole nitrogens is 2. The van der Waals surface area contributed by atoms with E-state index in [1.807, 2.05) is 0 Å². The monoisotopic (exact) mass is 467 g/mol. The fraction of sp³-hybridized carbons (Fsp3) is 0.579. The summed E-state index contributed by atoms with van der Waals surface area (Å²) in [6.07, 6.45) is 3.67. The Kier molecular flexibility index (Phi) is 5.71. The molecule has 174 valence electrons. The summed E-state index contributed by atoms with van der Waals surface area (Å²) >= 11 is 0. The van der Waals surface area contributed by atoms with E-state index < -0.39 is 39.3 Å². The standard InChI is InChI=1S/C19H25N5O7S/c1-10-15(11(2)31-24-10)32(28,29)21-9-13(25)20-8-7-19-6-4-3-5-12(19)14-16(26)22-18(27)23-17(14)30-19/h12,21H,3-9H2,1-2H3,(H,20,25)(H2,22,23,26,27)/t12-,19+/m1/s1. The molecule has 3 heterocycles. The molecule has 12 nitrogen and oxygen atoms in total. The number of hydrogen-bond acceptors (Lipinski definition) is 8. The zero-order valence-electron chi connectivity index (χ0n) is 17.7. The van der Waals surface area contributed by atoms with Gasteiger partial charge in [0, 0.05) is 18.9 Å². The summed E-state index contributed by atoms with van der Waals surface area (Å²) in [5.41, 5.74) is -1.11. The van der Waals surface area contributed by atoms with E-state index in [0.717, 1.165) is 19.3 Å². The minimum atomic E-state index is -3.94. The van der Waals surface area contributed by atoms with Crippen molar-refractivity contribution in [1.29, 1.82) is 0 Å². The smallest absolute Gasteiger partial charge is 0.328 e. The van der Waals surface area contributed by atoms with Crippen molar-refractivity contribution in [3.63, 3.8) is 0 Å². The third-order valence-corrected chi connectivity index (χ3v) is 7.75. The number of sulfonamides is 1. The van der Waals surface area contributed by atoms with Crippen molar-refractivity contribution >= 4 is 15.9 Å². The highest BCUT2D eigenvalue weighted by Gasteiger charge is 2.51. The molecular formula is C19H25N5O7S. The lowest BCUT2D eigenvalue weighted by molar-refractivity contribution is -0.120. The van der Waals surface area contributed by atoms with Crippen LogP contribution in [0, 0.1) is 13.8 Å². The Bertz CT molecular complexity index is 1240. The van der Waals surface area contributed by atoms with Crippen LogP contribution in [0.5, 0.6) is 5.88 Å². The summed E-state index contributed by atoms with van der Waals surface area (Å²) in [6, 6.07) is 0. The average molecular weight is 468 g/mol. The van der Waals surface area contributed by atoms with Crippen molar-refractivity contribution < 1.29 is 22.5 Å². The second kappa shape index (κ2) is 8.20. The topological polar surface area (TPSA) is 176 Å². The molecule has 0 spiro atoms. The molecule has 13 heteroatoms. The zero-order valence-corrected chi connectivity index (χ0v) is 18.6. The molecule has 0 unspecified atom stereocenters. The number of carbonyl (C=O) groups is 1. The second-order valence-corrected chi connectivity index (χ2v) is 9.90. The summed E-state index contributed by atoms with van der Waals surface area (Å²) in [5, 5.41) is 6.31. The molecule has 1 aliphatic heterocycles. The number of nitrogens with zero attached hydrogens (tertiary/aromatic N) is 1. The number of hydrogen-bond donors (Lipinski definition) is 4. The Morgan fingerprint density at radius 2 is 2.03 bits per heavy atom. The van der Waals surface area contributed by atoms with Gasteiger partial charge in [0.1, 0.15) is 16.2 Å². The van der Waals surface area contributed by atoms with E-state index in [4.69, 9.17) is 9.26 Å². The van der Waals surface area contributed by atoms with Crippen LogP contribution >= 0.6 is 0 Å². The van der Waals surface area contributed by atoms with E-state index in [0.29, 0.717) is 18.4 Å². The number of amides is 1. The molecular weight excluding hydrogens is 442 g/mol. The van der Waals surface area contributed by atoms with Crippen LogP contribution in [0.25, 0.3) is 0 Å². The number of nitrogens with one attached hydrogen (secondary N) is 4. The van der Waals surface area contributed by atoms with Crippen LogP contribution < -0.4 is 26.0 Å². The van der Waals surface area contributed by atoms with Crippen molar-refractivity contribution in [1.82, 2.24) is 25.2 Å². The summed E-state index contributed by atoms with van der Waals surface area (Å²) < 4.78 is 38.0. The first-order valence-corrected chi connectivity index (χ1v) is 11.9. The van der Waals surface area contributed by atoms with Gasteiger partial charge in [0.2, 0.25) is 21.8 Å². The van der Waals surface area contributed by atoms with Crippen LogP contribution in [-0.4, -0.2) is 48.1 Å². The normalized spacial score (nSPS) is 22.1. The van der Waals surface area contributed by atoms with Crippen LogP contribution in [0.2, 0.25) is 0 Å². The molecule has 0 bridgehead atoms. The molecule has 32 heavy (non-hydrogen) atoms. The number of carbonyl (C=O) groups excluding carboxylic acids is 1. The fourth-order valence-electron chi connectivity index (χ4n) is 4.73. The number of aromatic amines is 2. The maximum atomic E-state index is 12.4. The summed E-state index contributed by atoms with van der Waals surface area (Å²) in [6.45, 7) is 2.75. The fourth-order valence-corrected chi connectivity index (χ4v) is 6.04. The molecule has 1 fully saturated rings.